The number of unbranched alkanes of at least 4 members (excludes halogenated alkanes) is 1. The van der Waals surface area contributed by atoms with Crippen LogP contribution in [-0.2, 0) is 4.74 Å². The molecule has 0 spiro atoms. The van der Waals surface area contributed by atoms with Crippen LogP contribution in [0.2, 0.25) is 0 Å². The van der Waals surface area contributed by atoms with Crippen molar-refractivity contribution in [1.82, 2.24) is 9.97 Å². The molecule has 0 saturated heterocycles. The molecule has 0 aliphatic carbocycles. The van der Waals surface area contributed by atoms with Gasteiger partial charge in [-0.15, -0.1) is 0 Å². The van der Waals surface area contributed by atoms with Crippen molar-refractivity contribution in [2.24, 2.45) is 0 Å². The van der Waals surface area contributed by atoms with E-state index in [9.17, 15) is 10.1 Å². The Hall–Kier alpha value is -1.96. The first kappa shape index (κ1) is 17.1. The zero-order chi connectivity index (χ0) is 15.7. The van der Waals surface area contributed by atoms with E-state index in [1.54, 1.807) is 0 Å². The molecule has 1 aromatic rings. The van der Waals surface area contributed by atoms with E-state index in [0.29, 0.717) is 25.6 Å². The highest BCUT2D eigenvalue weighted by Crippen LogP contribution is 2.21. The van der Waals surface area contributed by atoms with Gasteiger partial charge in [0.25, 0.3) is 0 Å². The Morgan fingerprint density at radius 3 is 2.76 bits per heavy atom. The van der Waals surface area contributed by atoms with Gasteiger partial charge in [0, 0.05) is 19.7 Å². The van der Waals surface area contributed by atoms with Crippen LogP contribution in [0, 0.1) is 10.1 Å². The zero-order valence-electron chi connectivity index (χ0n) is 12.8. The molecule has 0 aliphatic heterocycles. The standard InChI is InChI=1S/C13H23N5O3/c1-4-14-13-16-9-11(18(19)20)12(17-13)15-7-5-6-8-21-10(2)3/h9-10H,4-8H2,1-3H3,(H2,14,15,16,17). The molecule has 0 bridgehead atoms. The van der Waals surface area contributed by atoms with Gasteiger partial charge in [-0.3, -0.25) is 10.1 Å². The van der Waals surface area contributed by atoms with Gasteiger partial charge in [-0.1, -0.05) is 0 Å². The van der Waals surface area contributed by atoms with E-state index < -0.39 is 4.92 Å². The van der Waals surface area contributed by atoms with Crippen molar-refractivity contribution in [1.29, 1.82) is 0 Å². The van der Waals surface area contributed by atoms with E-state index in [-0.39, 0.29) is 17.6 Å². The summed E-state index contributed by atoms with van der Waals surface area (Å²) in [6.07, 6.45) is 3.19. The molecule has 0 saturated carbocycles. The molecule has 8 nitrogen and oxygen atoms in total. The normalized spacial score (nSPS) is 10.7. The van der Waals surface area contributed by atoms with Crippen LogP contribution in [-0.4, -0.2) is 40.7 Å². The van der Waals surface area contributed by atoms with Crippen LogP contribution in [0.4, 0.5) is 17.5 Å². The van der Waals surface area contributed by atoms with Crippen LogP contribution in [0.3, 0.4) is 0 Å². The lowest BCUT2D eigenvalue weighted by Gasteiger charge is -2.09. The van der Waals surface area contributed by atoms with Crippen LogP contribution >= 0.6 is 0 Å². The van der Waals surface area contributed by atoms with Crippen molar-refractivity contribution in [3.8, 4) is 0 Å². The predicted octanol–water partition coefficient (Wildman–Crippen LogP) is 2.43. The molecule has 118 valence electrons. The summed E-state index contributed by atoms with van der Waals surface area (Å²) in [5.41, 5.74) is -0.116. The van der Waals surface area contributed by atoms with Gasteiger partial charge in [-0.25, -0.2) is 4.98 Å². The molecule has 1 rings (SSSR count). The van der Waals surface area contributed by atoms with Crippen molar-refractivity contribution in [3.63, 3.8) is 0 Å². The first-order valence-corrected chi connectivity index (χ1v) is 7.15. The van der Waals surface area contributed by atoms with Gasteiger partial charge in [0.15, 0.2) is 0 Å². The van der Waals surface area contributed by atoms with Crippen molar-refractivity contribution < 1.29 is 9.66 Å². The third kappa shape index (κ3) is 6.35. The SMILES string of the molecule is CCNc1ncc([N+](=O)[O-])c(NCCCCOC(C)C)n1. The number of nitrogens with zero attached hydrogens (tertiary/aromatic N) is 3. The van der Waals surface area contributed by atoms with Gasteiger partial charge in [-0.05, 0) is 33.6 Å². The number of ether oxygens (including phenoxy) is 1. The average molecular weight is 297 g/mol. The Bertz CT molecular complexity index is 453. The third-order valence-corrected chi connectivity index (χ3v) is 2.62. The maximum Gasteiger partial charge on any atom is 0.329 e. The van der Waals surface area contributed by atoms with E-state index in [0.717, 1.165) is 12.8 Å². The molecule has 0 radical (unpaired) electrons. The minimum atomic E-state index is -0.486. The molecule has 0 amide bonds. The molecule has 0 fully saturated rings. The van der Waals surface area contributed by atoms with Crippen LogP contribution in [0.1, 0.15) is 33.6 Å². The lowest BCUT2D eigenvalue weighted by Crippen LogP contribution is -2.11. The summed E-state index contributed by atoms with van der Waals surface area (Å²) < 4.78 is 5.44. The summed E-state index contributed by atoms with van der Waals surface area (Å²) in [6.45, 7) is 7.84. The summed E-state index contributed by atoms with van der Waals surface area (Å²) in [7, 11) is 0. The zero-order valence-corrected chi connectivity index (χ0v) is 12.8. The van der Waals surface area contributed by atoms with Crippen LogP contribution in [0.25, 0.3) is 0 Å². The number of rotatable bonds is 10. The summed E-state index contributed by atoms with van der Waals surface area (Å²) in [5.74, 6) is 0.629. The number of hydrogen-bond donors (Lipinski definition) is 2. The van der Waals surface area contributed by atoms with Gasteiger partial charge in [0.2, 0.25) is 11.8 Å². The maximum atomic E-state index is 10.9. The molecule has 2 N–H and O–H groups in total. The molecule has 8 heteroatoms. The lowest BCUT2D eigenvalue weighted by molar-refractivity contribution is -0.384. The molecule has 0 aromatic carbocycles. The summed E-state index contributed by atoms with van der Waals surface area (Å²) in [4.78, 5) is 18.5. The minimum Gasteiger partial charge on any atom is -0.379 e. The highest BCUT2D eigenvalue weighted by Gasteiger charge is 2.16. The Kier molecular flexibility index (Phi) is 7.38. The molecule has 21 heavy (non-hydrogen) atoms. The predicted molar refractivity (Wildman–Crippen MR) is 81.7 cm³/mol. The van der Waals surface area contributed by atoms with Crippen LogP contribution < -0.4 is 10.6 Å². The van der Waals surface area contributed by atoms with Gasteiger partial charge in [0.05, 0.1) is 11.0 Å². The van der Waals surface area contributed by atoms with Crippen LogP contribution in [0.5, 0.6) is 0 Å². The van der Waals surface area contributed by atoms with E-state index in [4.69, 9.17) is 4.74 Å². The number of aromatic nitrogens is 2. The molecule has 0 unspecified atom stereocenters. The van der Waals surface area contributed by atoms with Gasteiger partial charge < -0.3 is 15.4 Å². The van der Waals surface area contributed by atoms with Gasteiger partial charge >= 0.3 is 5.69 Å². The van der Waals surface area contributed by atoms with E-state index in [2.05, 4.69) is 20.6 Å². The fourth-order valence-corrected chi connectivity index (χ4v) is 1.64. The summed E-state index contributed by atoms with van der Waals surface area (Å²) in [6, 6.07) is 0. The molecular weight excluding hydrogens is 274 g/mol. The quantitative estimate of drug-likeness (QED) is 0.388. The number of nitro groups is 1. The summed E-state index contributed by atoms with van der Waals surface area (Å²) in [5, 5.41) is 16.9. The third-order valence-electron chi connectivity index (χ3n) is 2.62. The first-order valence-electron chi connectivity index (χ1n) is 7.15. The molecule has 0 atom stereocenters. The lowest BCUT2D eigenvalue weighted by atomic mass is 10.3. The van der Waals surface area contributed by atoms with E-state index in [1.807, 2.05) is 20.8 Å². The summed E-state index contributed by atoms with van der Waals surface area (Å²) >= 11 is 0. The second kappa shape index (κ2) is 9.06. The van der Waals surface area contributed by atoms with Gasteiger partial charge in [-0.2, -0.15) is 4.98 Å². The molecule has 1 aromatic heterocycles. The average Bonchev–Trinajstić information content (AvgIpc) is 2.42. The number of nitrogens with one attached hydrogen (secondary N) is 2. The maximum absolute atomic E-state index is 10.9. The Balaban J connectivity index is 2.51. The fraction of sp³-hybridized carbons (Fsp3) is 0.692. The van der Waals surface area contributed by atoms with Crippen LogP contribution in [0.15, 0.2) is 6.20 Å². The minimum absolute atomic E-state index is 0.116. The van der Waals surface area contributed by atoms with Crippen molar-refractivity contribution in [2.75, 3.05) is 30.3 Å². The second-order valence-corrected chi connectivity index (χ2v) is 4.77. The first-order chi connectivity index (χ1) is 10.0. The Labute approximate surface area is 124 Å². The van der Waals surface area contributed by atoms with E-state index >= 15 is 0 Å². The van der Waals surface area contributed by atoms with Gasteiger partial charge in [0.1, 0.15) is 6.20 Å². The smallest absolute Gasteiger partial charge is 0.329 e. The largest absolute Gasteiger partial charge is 0.379 e. The Morgan fingerprint density at radius 1 is 1.38 bits per heavy atom. The highest BCUT2D eigenvalue weighted by molar-refractivity contribution is 5.56. The molecule has 0 aliphatic rings. The van der Waals surface area contributed by atoms with Crippen molar-refractivity contribution in [2.45, 2.75) is 39.7 Å². The molecule has 1 heterocycles. The topological polar surface area (TPSA) is 102 Å². The highest BCUT2D eigenvalue weighted by atomic mass is 16.6. The van der Waals surface area contributed by atoms with E-state index in [1.165, 1.54) is 6.20 Å². The molecular formula is C13H23N5O3. The van der Waals surface area contributed by atoms with Crippen molar-refractivity contribution in [3.05, 3.63) is 16.3 Å². The second-order valence-electron chi connectivity index (χ2n) is 4.77. The Morgan fingerprint density at radius 2 is 2.14 bits per heavy atom. The number of anilines is 2. The number of hydrogen-bond acceptors (Lipinski definition) is 7. The fourth-order valence-electron chi connectivity index (χ4n) is 1.64. The monoisotopic (exact) mass is 297 g/mol. The van der Waals surface area contributed by atoms with Crippen molar-refractivity contribution >= 4 is 17.5 Å².